The van der Waals surface area contributed by atoms with E-state index in [9.17, 15) is 4.79 Å². The van der Waals surface area contributed by atoms with Crippen LogP contribution in [0.25, 0.3) is 0 Å². The third-order valence-corrected chi connectivity index (χ3v) is 2.65. The van der Waals surface area contributed by atoms with E-state index in [1.54, 1.807) is 7.11 Å². The monoisotopic (exact) mass is 230 g/mol. The summed E-state index contributed by atoms with van der Waals surface area (Å²) in [4.78, 5) is 11.4. The van der Waals surface area contributed by atoms with E-state index in [-0.39, 0.29) is 11.9 Å². The maximum absolute atomic E-state index is 11.4. The van der Waals surface area contributed by atoms with Crippen molar-refractivity contribution in [1.29, 1.82) is 0 Å². The summed E-state index contributed by atoms with van der Waals surface area (Å²) in [7, 11) is 1.63. The average Bonchev–Trinajstić information content (AvgIpc) is 3.06. The maximum atomic E-state index is 11.4. The van der Waals surface area contributed by atoms with Crippen molar-refractivity contribution >= 4 is 5.91 Å². The van der Waals surface area contributed by atoms with Crippen LogP contribution >= 0.6 is 0 Å². The molecule has 0 heterocycles. The van der Waals surface area contributed by atoms with Crippen LogP contribution < -0.4 is 11.1 Å². The van der Waals surface area contributed by atoms with Gasteiger partial charge in [-0.2, -0.15) is 0 Å². The highest BCUT2D eigenvalue weighted by molar-refractivity contribution is 5.76. The predicted octanol–water partition coefficient (Wildman–Crippen LogP) is -0.107. The van der Waals surface area contributed by atoms with Gasteiger partial charge in [0.1, 0.15) is 0 Å². The van der Waals surface area contributed by atoms with Crippen LogP contribution in [0.1, 0.15) is 19.3 Å². The molecule has 0 spiro atoms. The largest absolute Gasteiger partial charge is 0.382 e. The number of methoxy groups -OCH3 is 1. The van der Waals surface area contributed by atoms with Gasteiger partial charge in [-0.25, -0.2) is 0 Å². The van der Waals surface area contributed by atoms with Gasteiger partial charge in [-0.05, 0) is 18.8 Å². The first-order valence-electron chi connectivity index (χ1n) is 5.83. The zero-order chi connectivity index (χ0) is 11.8. The minimum absolute atomic E-state index is 0.0229. The maximum Gasteiger partial charge on any atom is 0.221 e. The Morgan fingerprint density at radius 2 is 2.19 bits per heavy atom. The third kappa shape index (κ3) is 6.05. The van der Waals surface area contributed by atoms with Gasteiger partial charge in [0.25, 0.3) is 0 Å². The molecule has 1 aliphatic rings. The Labute approximate surface area is 96.7 Å². The van der Waals surface area contributed by atoms with E-state index in [1.807, 2.05) is 0 Å². The molecule has 1 amide bonds. The molecule has 0 bridgehead atoms. The number of rotatable bonds is 9. The van der Waals surface area contributed by atoms with E-state index in [0.717, 1.165) is 0 Å². The van der Waals surface area contributed by atoms with Crippen molar-refractivity contribution in [2.45, 2.75) is 25.3 Å². The number of carbonyl (C=O) groups is 1. The number of ether oxygens (including phenoxy) is 2. The minimum atomic E-state index is 0.0229. The summed E-state index contributed by atoms with van der Waals surface area (Å²) in [6.07, 6.45) is 2.78. The summed E-state index contributed by atoms with van der Waals surface area (Å²) in [6.45, 7) is 2.21. The lowest BCUT2D eigenvalue weighted by atomic mass is 10.1. The summed E-state index contributed by atoms with van der Waals surface area (Å²) < 4.78 is 10.0. The number of amides is 1. The van der Waals surface area contributed by atoms with Crippen molar-refractivity contribution in [3.63, 3.8) is 0 Å². The summed E-state index contributed by atoms with van der Waals surface area (Å²) in [6, 6.07) is 0.0365. The van der Waals surface area contributed by atoms with E-state index >= 15 is 0 Å². The Morgan fingerprint density at radius 3 is 2.81 bits per heavy atom. The molecule has 5 nitrogen and oxygen atoms in total. The minimum Gasteiger partial charge on any atom is -0.382 e. The Hall–Kier alpha value is -0.650. The molecule has 5 heteroatoms. The van der Waals surface area contributed by atoms with Gasteiger partial charge in [0.15, 0.2) is 0 Å². The molecule has 0 aromatic heterocycles. The standard InChI is InChI=1S/C11H22N2O3/c1-15-6-7-16-5-4-13-11(14)8-10(12)9-2-3-9/h9-10H,2-8,12H2,1H3,(H,13,14). The van der Waals surface area contributed by atoms with Crippen LogP contribution in [0.4, 0.5) is 0 Å². The zero-order valence-corrected chi connectivity index (χ0v) is 9.91. The molecular formula is C11H22N2O3. The molecule has 94 valence electrons. The van der Waals surface area contributed by atoms with Crippen LogP contribution in [-0.4, -0.2) is 45.4 Å². The van der Waals surface area contributed by atoms with Crippen LogP contribution in [0.15, 0.2) is 0 Å². The first-order chi connectivity index (χ1) is 7.74. The van der Waals surface area contributed by atoms with Crippen LogP contribution in [0.5, 0.6) is 0 Å². The van der Waals surface area contributed by atoms with Gasteiger partial charge in [0.2, 0.25) is 5.91 Å². The van der Waals surface area contributed by atoms with E-state index in [1.165, 1.54) is 12.8 Å². The fourth-order valence-electron chi connectivity index (χ4n) is 1.48. The summed E-state index contributed by atoms with van der Waals surface area (Å²) in [5, 5.41) is 2.79. The van der Waals surface area contributed by atoms with Crippen LogP contribution in [0.2, 0.25) is 0 Å². The number of nitrogens with two attached hydrogens (primary N) is 1. The van der Waals surface area contributed by atoms with Gasteiger partial charge in [-0.15, -0.1) is 0 Å². The van der Waals surface area contributed by atoms with Gasteiger partial charge in [-0.3, -0.25) is 4.79 Å². The Morgan fingerprint density at radius 1 is 1.44 bits per heavy atom. The topological polar surface area (TPSA) is 73.6 Å². The van der Waals surface area contributed by atoms with Crippen molar-refractivity contribution < 1.29 is 14.3 Å². The van der Waals surface area contributed by atoms with Gasteiger partial charge >= 0.3 is 0 Å². The van der Waals surface area contributed by atoms with Crippen molar-refractivity contribution in [3.05, 3.63) is 0 Å². The van der Waals surface area contributed by atoms with Gasteiger partial charge in [-0.1, -0.05) is 0 Å². The van der Waals surface area contributed by atoms with Crippen molar-refractivity contribution in [1.82, 2.24) is 5.32 Å². The molecule has 1 unspecified atom stereocenters. The highest BCUT2D eigenvalue weighted by Crippen LogP contribution is 2.32. The van der Waals surface area contributed by atoms with E-state index in [2.05, 4.69) is 5.32 Å². The summed E-state index contributed by atoms with van der Waals surface area (Å²) in [5.41, 5.74) is 5.84. The second kappa shape index (κ2) is 7.60. The highest BCUT2D eigenvalue weighted by Gasteiger charge is 2.29. The van der Waals surface area contributed by atoms with Crippen molar-refractivity contribution in [2.75, 3.05) is 33.5 Å². The second-order valence-corrected chi connectivity index (χ2v) is 4.16. The number of hydrogen-bond donors (Lipinski definition) is 2. The quantitative estimate of drug-likeness (QED) is 0.542. The lowest BCUT2D eigenvalue weighted by molar-refractivity contribution is -0.121. The zero-order valence-electron chi connectivity index (χ0n) is 9.91. The molecule has 0 radical (unpaired) electrons. The molecule has 0 aliphatic heterocycles. The van der Waals surface area contributed by atoms with E-state index in [0.29, 0.717) is 38.7 Å². The molecule has 1 aliphatic carbocycles. The molecule has 0 aromatic carbocycles. The first kappa shape index (κ1) is 13.4. The van der Waals surface area contributed by atoms with E-state index < -0.39 is 0 Å². The molecule has 1 saturated carbocycles. The first-order valence-corrected chi connectivity index (χ1v) is 5.83. The van der Waals surface area contributed by atoms with Crippen molar-refractivity contribution in [2.24, 2.45) is 11.7 Å². The van der Waals surface area contributed by atoms with E-state index in [4.69, 9.17) is 15.2 Å². The lowest BCUT2D eigenvalue weighted by Crippen LogP contribution is -2.34. The molecule has 0 saturated heterocycles. The number of hydrogen-bond acceptors (Lipinski definition) is 4. The molecule has 1 atom stereocenters. The summed E-state index contributed by atoms with van der Waals surface area (Å²) >= 11 is 0. The van der Waals surface area contributed by atoms with Crippen LogP contribution in [0.3, 0.4) is 0 Å². The highest BCUT2D eigenvalue weighted by atomic mass is 16.5. The van der Waals surface area contributed by atoms with Gasteiger partial charge in [0.05, 0.1) is 19.8 Å². The molecular weight excluding hydrogens is 208 g/mol. The normalized spacial score (nSPS) is 17.1. The number of nitrogens with one attached hydrogen (secondary N) is 1. The average molecular weight is 230 g/mol. The van der Waals surface area contributed by atoms with Crippen LogP contribution in [0, 0.1) is 5.92 Å². The second-order valence-electron chi connectivity index (χ2n) is 4.16. The summed E-state index contributed by atoms with van der Waals surface area (Å²) in [5.74, 6) is 0.596. The van der Waals surface area contributed by atoms with Gasteiger partial charge in [0, 0.05) is 26.1 Å². The molecule has 1 rings (SSSR count). The number of carbonyl (C=O) groups excluding carboxylic acids is 1. The molecule has 0 aromatic rings. The lowest BCUT2D eigenvalue weighted by Gasteiger charge is -2.10. The third-order valence-electron chi connectivity index (χ3n) is 2.65. The fourth-order valence-corrected chi connectivity index (χ4v) is 1.48. The molecule has 3 N–H and O–H groups in total. The Bertz CT molecular complexity index is 207. The Kier molecular flexibility index (Phi) is 6.37. The van der Waals surface area contributed by atoms with Gasteiger partial charge < -0.3 is 20.5 Å². The predicted molar refractivity (Wildman–Crippen MR) is 61.0 cm³/mol. The van der Waals surface area contributed by atoms with Crippen molar-refractivity contribution in [3.8, 4) is 0 Å². The molecule has 16 heavy (non-hydrogen) atoms. The SMILES string of the molecule is COCCOCCNC(=O)CC(N)C1CC1. The molecule has 1 fully saturated rings. The fraction of sp³-hybridized carbons (Fsp3) is 0.909. The van der Waals surface area contributed by atoms with Crippen LogP contribution in [-0.2, 0) is 14.3 Å². The Balaban J connectivity index is 1.89. The smallest absolute Gasteiger partial charge is 0.221 e.